The molecule has 0 N–H and O–H groups in total. The lowest BCUT2D eigenvalue weighted by atomic mass is 10.2. The number of aliphatic imine (C=N–C) groups is 1. The molecule has 0 radical (unpaired) electrons. The first-order chi connectivity index (χ1) is 7.90. The minimum absolute atomic E-state index is 0.588. The third-order valence-electron chi connectivity index (χ3n) is 2.22. The summed E-state index contributed by atoms with van der Waals surface area (Å²) in [6, 6.07) is 11.5. The van der Waals surface area contributed by atoms with Gasteiger partial charge in [-0.25, -0.2) is 0 Å². The minimum Gasteiger partial charge on any atom is -0.496 e. The van der Waals surface area contributed by atoms with E-state index >= 15 is 0 Å². The first-order valence-corrected chi connectivity index (χ1v) is 5.05. The zero-order chi connectivity index (χ0) is 11.2. The summed E-state index contributed by atoms with van der Waals surface area (Å²) in [5, 5.41) is 0. The van der Waals surface area contributed by atoms with Gasteiger partial charge in [-0.15, -0.1) is 0 Å². The number of methoxy groups -OCH3 is 1. The van der Waals surface area contributed by atoms with E-state index in [4.69, 9.17) is 9.15 Å². The van der Waals surface area contributed by atoms with E-state index in [1.165, 1.54) is 0 Å². The molecular formula is C13H13NO2. The van der Waals surface area contributed by atoms with E-state index in [0.717, 1.165) is 17.1 Å². The zero-order valence-electron chi connectivity index (χ0n) is 9.09. The highest BCUT2D eigenvalue weighted by atomic mass is 16.5. The summed E-state index contributed by atoms with van der Waals surface area (Å²) < 4.78 is 10.4. The summed E-state index contributed by atoms with van der Waals surface area (Å²) in [5.74, 6) is 1.62. The highest BCUT2D eigenvalue weighted by molar-refractivity contribution is 5.75. The van der Waals surface area contributed by atoms with E-state index in [9.17, 15) is 0 Å². The predicted octanol–water partition coefficient (Wildman–Crippen LogP) is 2.91. The van der Waals surface area contributed by atoms with Crippen molar-refractivity contribution in [1.82, 2.24) is 0 Å². The Morgan fingerprint density at radius 1 is 1.25 bits per heavy atom. The smallest absolute Gasteiger partial charge is 0.144 e. The molecule has 0 saturated carbocycles. The summed E-state index contributed by atoms with van der Waals surface area (Å²) >= 11 is 0. The first kappa shape index (κ1) is 10.5. The van der Waals surface area contributed by atoms with Gasteiger partial charge in [-0.3, -0.25) is 4.99 Å². The number of rotatable bonds is 4. The monoisotopic (exact) mass is 215 g/mol. The Hall–Kier alpha value is -2.03. The van der Waals surface area contributed by atoms with E-state index in [0.29, 0.717) is 6.54 Å². The van der Waals surface area contributed by atoms with Crippen molar-refractivity contribution in [2.75, 3.05) is 7.11 Å². The van der Waals surface area contributed by atoms with Crippen LogP contribution in [0.4, 0.5) is 0 Å². The molecule has 2 aromatic rings. The van der Waals surface area contributed by atoms with Gasteiger partial charge in [0.1, 0.15) is 11.5 Å². The van der Waals surface area contributed by atoms with Crippen molar-refractivity contribution >= 4 is 6.21 Å². The molecule has 0 aliphatic carbocycles. The van der Waals surface area contributed by atoms with Gasteiger partial charge in [0.2, 0.25) is 0 Å². The second-order valence-electron chi connectivity index (χ2n) is 3.30. The van der Waals surface area contributed by atoms with E-state index in [2.05, 4.69) is 4.99 Å². The van der Waals surface area contributed by atoms with Crippen LogP contribution >= 0.6 is 0 Å². The van der Waals surface area contributed by atoms with E-state index in [1.807, 2.05) is 36.4 Å². The number of ether oxygens (including phenoxy) is 1. The highest BCUT2D eigenvalue weighted by Crippen LogP contribution is 2.17. The number of hydrogen-bond acceptors (Lipinski definition) is 3. The Labute approximate surface area is 94.4 Å². The number of furan rings is 1. The zero-order valence-corrected chi connectivity index (χ0v) is 9.09. The second kappa shape index (κ2) is 5.16. The van der Waals surface area contributed by atoms with Gasteiger partial charge in [-0.05, 0) is 18.2 Å². The molecule has 0 bridgehead atoms. The molecule has 0 saturated heterocycles. The molecule has 16 heavy (non-hydrogen) atoms. The van der Waals surface area contributed by atoms with Crippen molar-refractivity contribution in [2.24, 2.45) is 4.99 Å². The van der Waals surface area contributed by atoms with Crippen molar-refractivity contribution in [2.45, 2.75) is 6.54 Å². The van der Waals surface area contributed by atoms with Crippen LogP contribution in [0.2, 0.25) is 0 Å². The molecule has 0 aliphatic rings. The fraction of sp³-hybridized carbons (Fsp3) is 0.154. The Morgan fingerprint density at radius 2 is 2.12 bits per heavy atom. The largest absolute Gasteiger partial charge is 0.496 e. The number of hydrogen-bond donors (Lipinski definition) is 0. The van der Waals surface area contributed by atoms with Crippen LogP contribution in [-0.2, 0) is 6.54 Å². The highest BCUT2D eigenvalue weighted by Gasteiger charge is 1.99. The van der Waals surface area contributed by atoms with Crippen molar-refractivity contribution < 1.29 is 9.15 Å². The average molecular weight is 215 g/mol. The van der Waals surface area contributed by atoms with Gasteiger partial charge in [0.25, 0.3) is 0 Å². The van der Waals surface area contributed by atoms with Gasteiger partial charge < -0.3 is 9.15 Å². The summed E-state index contributed by atoms with van der Waals surface area (Å²) in [6.45, 7) is 0.588. The predicted molar refractivity (Wildman–Crippen MR) is 63.0 cm³/mol. The molecule has 0 unspecified atom stereocenters. The van der Waals surface area contributed by atoms with Crippen LogP contribution in [0.1, 0.15) is 11.3 Å². The molecule has 1 heterocycles. The molecule has 2 rings (SSSR count). The maximum Gasteiger partial charge on any atom is 0.144 e. The maximum absolute atomic E-state index is 5.24. The Balaban J connectivity index is 2.04. The fourth-order valence-corrected chi connectivity index (χ4v) is 1.43. The molecule has 1 aromatic heterocycles. The summed E-state index contributed by atoms with van der Waals surface area (Å²) in [6.07, 6.45) is 3.34. The molecule has 0 amide bonds. The van der Waals surface area contributed by atoms with Crippen LogP contribution in [0.3, 0.4) is 0 Å². The number of para-hydroxylation sites is 1. The molecule has 1 aromatic carbocycles. The second-order valence-corrected chi connectivity index (χ2v) is 3.30. The Bertz CT molecular complexity index is 461. The molecule has 0 aliphatic heterocycles. The van der Waals surface area contributed by atoms with Gasteiger partial charge in [-0.1, -0.05) is 18.2 Å². The summed E-state index contributed by atoms with van der Waals surface area (Å²) in [4.78, 5) is 4.29. The summed E-state index contributed by atoms with van der Waals surface area (Å²) in [7, 11) is 1.66. The van der Waals surface area contributed by atoms with Crippen LogP contribution in [0.15, 0.2) is 52.1 Å². The Kier molecular flexibility index (Phi) is 3.38. The lowest BCUT2D eigenvalue weighted by molar-refractivity contribution is 0.410. The van der Waals surface area contributed by atoms with Gasteiger partial charge >= 0.3 is 0 Å². The molecule has 0 atom stereocenters. The van der Waals surface area contributed by atoms with Crippen LogP contribution in [0, 0.1) is 0 Å². The van der Waals surface area contributed by atoms with Crippen LogP contribution in [0.5, 0.6) is 5.75 Å². The molecule has 0 fully saturated rings. The molecule has 82 valence electrons. The normalized spacial score (nSPS) is 10.8. The van der Waals surface area contributed by atoms with Gasteiger partial charge in [-0.2, -0.15) is 0 Å². The number of nitrogens with zero attached hydrogens (tertiary/aromatic N) is 1. The SMILES string of the molecule is COc1ccccc1C/N=C\c1ccco1. The van der Waals surface area contributed by atoms with Crippen LogP contribution in [-0.4, -0.2) is 13.3 Å². The third kappa shape index (κ3) is 2.51. The summed E-state index contributed by atoms with van der Waals surface area (Å²) in [5.41, 5.74) is 1.06. The van der Waals surface area contributed by atoms with E-state index in [1.54, 1.807) is 19.6 Å². The number of benzene rings is 1. The van der Waals surface area contributed by atoms with Gasteiger partial charge in [0.05, 0.1) is 26.1 Å². The maximum atomic E-state index is 5.24. The third-order valence-corrected chi connectivity index (χ3v) is 2.22. The molecule has 3 nitrogen and oxygen atoms in total. The van der Waals surface area contributed by atoms with E-state index < -0.39 is 0 Å². The van der Waals surface area contributed by atoms with Crippen molar-refractivity contribution in [3.63, 3.8) is 0 Å². The minimum atomic E-state index is 0.588. The van der Waals surface area contributed by atoms with Crippen molar-refractivity contribution in [3.8, 4) is 5.75 Å². The standard InChI is InChI=1S/C13H13NO2/c1-15-13-7-3-2-5-11(13)9-14-10-12-6-4-8-16-12/h2-8,10H,9H2,1H3/b14-10-. The van der Waals surface area contributed by atoms with Crippen molar-refractivity contribution in [3.05, 3.63) is 54.0 Å². The Morgan fingerprint density at radius 3 is 2.88 bits per heavy atom. The van der Waals surface area contributed by atoms with Crippen molar-refractivity contribution in [1.29, 1.82) is 0 Å². The topological polar surface area (TPSA) is 34.7 Å². The molecular weight excluding hydrogens is 202 g/mol. The van der Waals surface area contributed by atoms with E-state index in [-0.39, 0.29) is 0 Å². The average Bonchev–Trinajstić information content (AvgIpc) is 2.83. The van der Waals surface area contributed by atoms with Gasteiger partial charge in [0.15, 0.2) is 0 Å². The quantitative estimate of drug-likeness (QED) is 0.735. The fourth-order valence-electron chi connectivity index (χ4n) is 1.43. The molecule has 3 heteroatoms. The van der Waals surface area contributed by atoms with Gasteiger partial charge in [0, 0.05) is 5.56 Å². The lowest BCUT2D eigenvalue weighted by Gasteiger charge is -2.04. The first-order valence-electron chi connectivity index (χ1n) is 5.05. The van der Waals surface area contributed by atoms with Crippen LogP contribution < -0.4 is 4.74 Å². The van der Waals surface area contributed by atoms with Crippen LogP contribution in [0.25, 0.3) is 0 Å². The molecule has 0 spiro atoms. The lowest BCUT2D eigenvalue weighted by Crippen LogP contribution is -1.90.